The zero-order chi connectivity index (χ0) is 14.4. The molecule has 0 saturated heterocycles. The second-order valence-corrected chi connectivity index (χ2v) is 6.23. The van der Waals surface area contributed by atoms with Crippen LogP contribution in [0.1, 0.15) is 40.0 Å². The summed E-state index contributed by atoms with van der Waals surface area (Å²) in [7, 11) is 0. The van der Waals surface area contributed by atoms with E-state index in [-0.39, 0.29) is 30.0 Å². The molecular weight excluding hydrogens is 246 g/mol. The molecule has 2 fully saturated rings. The number of guanidine groups is 1. The van der Waals surface area contributed by atoms with Gasteiger partial charge in [0.05, 0.1) is 11.6 Å². The zero-order valence-corrected chi connectivity index (χ0v) is 11.7. The third-order valence-electron chi connectivity index (χ3n) is 4.85. The summed E-state index contributed by atoms with van der Waals surface area (Å²) in [6.07, 6.45) is 1.81. The van der Waals surface area contributed by atoms with Crippen LogP contribution >= 0.6 is 0 Å². The summed E-state index contributed by atoms with van der Waals surface area (Å²) in [5.74, 6) is -0.254. The van der Waals surface area contributed by atoms with Crippen LogP contribution in [0.4, 0.5) is 0 Å². The van der Waals surface area contributed by atoms with E-state index >= 15 is 0 Å². The maximum Gasteiger partial charge on any atom is 0.302 e. The Bertz CT molecular complexity index is 417. The van der Waals surface area contributed by atoms with Gasteiger partial charge in [-0.05, 0) is 32.1 Å². The average molecular weight is 269 g/mol. The number of ether oxygens (including phenoxy) is 1. The first-order valence-corrected chi connectivity index (χ1v) is 6.66. The minimum absolute atomic E-state index is 0.0103. The van der Waals surface area contributed by atoms with Crippen LogP contribution in [0.5, 0.6) is 0 Å². The van der Waals surface area contributed by atoms with Gasteiger partial charge in [-0.1, -0.05) is 6.92 Å². The molecule has 0 heterocycles. The summed E-state index contributed by atoms with van der Waals surface area (Å²) >= 11 is 0. The van der Waals surface area contributed by atoms with Crippen LogP contribution in [0.3, 0.4) is 0 Å². The fourth-order valence-electron chi connectivity index (χ4n) is 4.10. The van der Waals surface area contributed by atoms with Crippen molar-refractivity contribution in [1.82, 2.24) is 0 Å². The molecule has 19 heavy (non-hydrogen) atoms. The standard InChI is InChI=1S/C13H23N3O3/c1-7(17)19-10-5-4-8-12(2,18)6-9(13(8,10)3)16-11(14)15/h8-10,18H,4-6H2,1-3H3,(H4,14,15,16). The van der Waals surface area contributed by atoms with Crippen molar-refractivity contribution in [3.05, 3.63) is 0 Å². The quantitative estimate of drug-likeness (QED) is 0.375. The molecule has 2 aliphatic carbocycles. The molecule has 0 bridgehead atoms. The largest absolute Gasteiger partial charge is 0.462 e. The molecule has 0 aromatic heterocycles. The first-order chi connectivity index (χ1) is 8.68. The van der Waals surface area contributed by atoms with Crippen molar-refractivity contribution < 1.29 is 14.6 Å². The third kappa shape index (κ3) is 2.18. The predicted molar refractivity (Wildman–Crippen MR) is 71.2 cm³/mol. The molecule has 0 spiro atoms. The molecule has 108 valence electrons. The van der Waals surface area contributed by atoms with Gasteiger partial charge in [-0.25, -0.2) is 4.99 Å². The van der Waals surface area contributed by atoms with Crippen LogP contribution in [0.2, 0.25) is 0 Å². The van der Waals surface area contributed by atoms with Crippen LogP contribution in [-0.2, 0) is 9.53 Å². The minimum atomic E-state index is -0.826. The van der Waals surface area contributed by atoms with Gasteiger partial charge in [0, 0.05) is 12.3 Å². The van der Waals surface area contributed by atoms with Gasteiger partial charge in [0.25, 0.3) is 0 Å². The molecule has 2 aliphatic rings. The summed E-state index contributed by atoms with van der Waals surface area (Å²) in [5, 5.41) is 10.6. The Kier molecular flexibility index (Phi) is 3.24. The van der Waals surface area contributed by atoms with Crippen molar-refractivity contribution >= 4 is 11.9 Å². The molecular formula is C13H23N3O3. The maximum absolute atomic E-state index is 11.3. The molecule has 0 aromatic carbocycles. The average Bonchev–Trinajstić information content (AvgIpc) is 2.63. The Balaban J connectivity index is 2.36. The van der Waals surface area contributed by atoms with E-state index in [0.29, 0.717) is 6.42 Å². The molecule has 0 radical (unpaired) electrons. The molecule has 0 aromatic rings. The van der Waals surface area contributed by atoms with Crippen molar-refractivity contribution in [1.29, 1.82) is 0 Å². The SMILES string of the molecule is CC(=O)OC1CCC2C(C)(O)CC(N=C(N)N)C12C. The van der Waals surface area contributed by atoms with Crippen molar-refractivity contribution in [3.63, 3.8) is 0 Å². The van der Waals surface area contributed by atoms with Crippen LogP contribution in [0.15, 0.2) is 4.99 Å². The fraction of sp³-hybridized carbons (Fsp3) is 0.846. The summed E-state index contributed by atoms with van der Waals surface area (Å²) in [5.41, 5.74) is 9.75. The number of esters is 1. The number of nitrogens with zero attached hydrogens (tertiary/aromatic N) is 1. The number of hydrogen-bond donors (Lipinski definition) is 3. The number of aliphatic imine (C=N–C) groups is 1. The van der Waals surface area contributed by atoms with Gasteiger partial charge in [-0.15, -0.1) is 0 Å². The van der Waals surface area contributed by atoms with Crippen molar-refractivity contribution in [2.24, 2.45) is 27.8 Å². The highest BCUT2D eigenvalue weighted by Gasteiger charge is 2.64. The van der Waals surface area contributed by atoms with Gasteiger partial charge in [0.1, 0.15) is 6.10 Å². The summed E-state index contributed by atoms with van der Waals surface area (Å²) in [4.78, 5) is 15.5. The fourth-order valence-corrected chi connectivity index (χ4v) is 4.10. The van der Waals surface area contributed by atoms with Crippen LogP contribution in [-0.4, -0.2) is 34.8 Å². The molecule has 0 aliphatic heterocycles. The second kappa shape index (κ2) is 4.37. The van der Waals surface area contributed by atoms with E-state index in [1.54, 1.807) is 0 Å². The molecule has 6 heteroatoms. The molecule has 0 amide bonds. The molecule has 5 N–H and O–H groups in total. The molecule has 2 rings (SSSR count). The number of rotatable bonds is 2. The van der Waals surface area contributed by atoms with E-state index in [9.17, 15) is 9.90 Å². The Labute approximate surface area is 113 Å². The topological polar surface area (TPSA) is 111 Å². The molecule has 6 nitrogen and oxygen atoms in total. The zero-order valence-electron chi connectivity index (χ0n) is 11.7. The van der Waals surface area contributed by atoms with Crippen molar-refractivity contribution in [2.75, 3.05) is 0 Å². The maximum atomic E-state index is 11.3. The Morgan fingerprint density at radius 2 is 2.00 bits per heavy atom. The smallest absolute Gasteiger partial charge is 0.302 e. The van der Waals surface area contributed by atoms with Gasteiger partial charge in [0.2, 0.25) is 0 Å². The van der Waals surface area contributed by atoms with E-state index in [2.05, 4.69) is 4.99 Å². The van der Waals surface area contributed by atoms with Gasteiger partial charge < -0.3 is 21.3 Å². The predicted octanol–water partition coefficient (Wildman–Crippen LogP) is 0.131. The number of carbonyl (C=O) groups is 1. The Hall–Kier alpha value is -1.30. The van der Waals surface area contributed by atoms with Crippen LogP contribution < -0.4 is 11.5 Å². The first-order valence-electron chi connectivity index (χ1n) is 6.66. The highest BCUT2D eigenvalue weighted by Crippen LogP contribution is 2.60. The van der Waals surface area contributed by atoms with E-state index in [1.165, 1.54) is 6.92 Å². The number of carbonyl (C=O) groups excluding carboxylic acids is 1. The number of aliphatic hydroxyl groups is 1. The Morgan fingerprint density at radius 1 is 1.37 bits per heavy atom. The Morgan fingerprint density at radius 3 is 2.53 bits per heavy atom. The lowest BCUT2D eigenvalue weighted by Crippen LogP contribution is -2.43. The summed E-state index contributed by atoms with van der Waals surface area (Å²) in [6.45, 7) is 5.23. The van der Waals surface area contributed by atoms with Gasteiger partial charge >= 0.3 is 5.97 Å². The van der Waals surface area contributed by atoms with Crippen LogP contribution in [0.25, 0.3) is 0 Å². The third-order valence-corrected chi connectivity index (χ3v) is 4.85. The lowest BCUT2D eigenvalue weighted by Gasteiger charge is -2.36. The highest BCUT2D eigenvalue weighted by atomic mass is 16.5. The summed E-state index contributed by atoms with van der Waals surface area (Å²) in [6, 6.07) is -0.218. The van der Waals surface area contributed by atoms with Crippen molar-refractivity contribution in [3.8, 4) is 0 Å². The summed E-state index contributed by atoms with van der Waals surface area (Å²) < 4.78 is 5.43. The van der Waals surface area contributed by atoms with Gasteiger partial charge in [-0.2, -0.15) is 0 Å². The molecule has 5 unspecified atom stereocenters. The number of fused-ring (bicyclic) bond motifs is 1. The second-order valence-electron chi connectivity index (χ2n) is 6.23. The van der Waals surface area contributed by atoms with Gasteiger partial charge in [0.15, 0.2) is 5.96 Å². The first kappa shape index (κ1) is 14.1. The lowest BCUT2D eigenvalue weighted by atomic mass is 9.75. The molecule has 5 atom stereocenters. The van der Waals surface area contributed by atoms with Gasteiger partial charge in [-0.3, -0.25) is 4.79 Å². The van der Waals surface area contributed by atoms with E-state index in [1.807, 2.05) is 13.8 Å². The number of hydrogen-bond acceptors (Lipinski definition) is 4. The lowest BCUT2D eigenvalue weighted by molar-refractivity contribution is -0.153. The highest BCUT2D eigenvalue weighted by molar-refractivity contribution is 5.76. The van der Waals surface area contributed by atoms with E-state index in [4.69, 9.17) is 16.2 Å². The van der Waals surface area contributed by atoms with E-state index < -0.39 is 11.0 Å². The van der Waals surface area contributed by atoms with Crippen LogP contribution in [0, 0.1) is 11.3 Å². The minimum Gasteiger partial charge on any atom is -0.462 e. The van der Waals surface area contributed by atoms with Crippen molar-refractivity contribution in [2.45, 2.75) is 57.8 Å². The number of nitrogens with two attached hydrogens (primary N) is 2. The monoisotopic (exact) mass is 269 g/mol. The normalized spacial score (nSPS) is 44.7. The molecule has 2 saturated carbocycles. The van der Waals surface area contributed by atoms with E-state index in [0.717, 1.165) is 12.8 Å².